The van der Waals surface area contributed by atoms with Crippen molar-refractivity contribution in [1.29, 1.82) is 0 Å². The zero-order chi connectivity index (χ0) is 14.8. The number of hydrogen-bond acceptors (Lipinski definition) is 3. The van der Waals surface area contributed by atoms with Gasteiger partial charge < -0.3 is 9.88 Å². The Kier molecular flexibility index (Phi) is 3.75. The number of aromatic nitrogens is 2. The lowest BCUT2D eigenvalue weighted by Gasteiger charge is -2.13. The molecular formula is C16H17N3OS. The molecule has 0 saturated heterocycles. The molecule has 3 rings (SSSR count). The monoisotopic (exact) mass is 299 g/mol. The zero-order valence-corrected chi connectivity index (χ0v) is 12.9. The summed E-state index contributed by atoms with van der Waals surface area (Å²) in [7, 11) is 0. The Morgan fingerprint density at radius 2 is 2.14 bits per heavy atom. The number of aryl methyl sites for hydroxylation is 1. The molecule has 0 unspecified atom stereocenters. The van der Waals surface area contributed by atoms with E-state index < -0.39 is 0 Å². The van der Waals surface area contributed by atoms with Gasteiger partial charge in [-0.2, -0.15) is 0 Å². The lowest BCUT2D eigenvalue weighted by atomic mass is 10.2. The molecule has 0 saturated carbocycles. The minimum absolute atomic E-state index is 0.00199. The van der Waals surface area contributed by atoms with E-state index in [1.807, 2.05) is 60.2 Å². The van der Waals surface area contributed by atoms with Gasteiger partial charge in [0.1, 0.15) is 12.4 Å². The first kappa shape index (κ1) is 13.8. The summed E-state index contributed by atoms with van der Waals surface area (Å²) in [5.41, 5.74) is 1.92. The Labute approximate surface area is 127 Å². The van der Waals surface area contributed by atoms with E-state index in [4.69, 9.17) is 0 Å². The number of nitrogens with zero attached hydrogens (tertiary/aromatic N) is 2. The van der Waals surface area contributed by atoms with Crippen LogP contribution in [0.25, 0.3) is 11.0 Å². The summed E-state index contributed by atoms with van der Waals surface area (Å²) in [4.78, 5) is 17.9. The first-order chi connectivity index (χ1) is 10.1. The molecule has 1 aromatic carbocycles. The highest BCUT2D eigenvalue weighted by Gasteiger charge is 2.13. The summed E-state index contributed by atoms with van der Waals surface area (Å²) < 4.78 is 1.95. The van der Waals surface area contributed by atoms with Gasteiger partial charge in [0.15, 0.2) is 0 Å². The van der Waals surface area contributed by atoms with Crippen molar-refractivity contribution in [3.05, 3.63) is 52.5 Å². The van der Waals surface area contributed by atoms with Gasteiger partial charge in [-0.15, -0.1) is 11.3 Å². The van der Waals surface area contributed by atoms with Crippen molar-refractivity contribution >= 4 is 28.3 Å². The second-order valence-corrected chi connectivity index (χ2v) is 6.02. The maximum atomic E-state index is 12.3. The predicted molar refractivity (Wildman–Crippen MR) is 85.3 cm³/mol. The molecule has 0 radical (unpaired) electrons. The third kappa shape index (κ3) is 2.83. The normalized spacial score (nSPS) is 12.5. The quantitative estimate of drug-likeness (QED) is 0.803. The van der Waals surface area contributed by atoms with Crippen LogP contribution in [0.2, 0.25) is 0 Å². The van der Waals surface area contributed by atoms with Crippen molar-refractivity contribution in [3.63, 3.8) is 0 Å². The third-order valence-corrected chi connectivity index (χ3v) is 4.55. The molecule has 4 nitrogen and oxygen atoms in total. The molecule has 21 heavy (non-hydrogen) atoms. The largest absolute Gasteiger partial charge is 0.347 e. The van der Waals surface area contributed by atoms with Gasteiger partial charge in [0, 0.05) is 4.88 Å². The average molecular weight is 299 g/mol. The number of thiophene rings is 1. The smallest absolute Gasteiger partial charge is 0.240 e. The molecule has 0 aliphatic carbocycles. The van der Waals surface area contributed by atoms with Crippen LogP contribution in [0.15, 0.2) is 41.8 Å². The maximum absolute atomic E-state index is 12.3. The van der Waals surface area contributed by atoms with E-state index in [-0.39, 0.29) is 11.9 Å². The lowest BCUT2D eigenvalue weighted by molar-refractivity contribution is -0.122. The summed E-state index contributed by atoms with van der Waals surface area (Å²) in [6.45, 7) is 4.22. The Bertz CT molecular complexity index is 761. The maximum Gasteiger partial charge on any atom is 0.240 e. The second kappa shape index (κ2) is 5.69. The molecule has 0 fully saturated rings. The second-order valence-electron chi connectivity index (χ2n) is 5.04. The van der Waals surface area contributed by atoms with E-state index in [1.54, 1.807) is 11.3 Å². The third-order valence-electron chi connectivity index (χ3n) is 3.49. The highest BCUT2D eigenvalue weighted by molar-refractivity contribution is 7.10. The van der Waals surface area contributed by atoms with Gasteiger partial charge in [-0.05, 0) is 37.4 Å². The first-order valence-corrected chi connectivity index (χ1v) is 7.78. The van der Waals surface area contributed by atoms with Gasteiger partial charge in [0.05, 0.1) is 17.1 Å². The van der Waals surface area contributed by atoms with Crippen molar-refractivity contribution < 1.29 is 4.79 Å². The van der Waals surface area contributed by atoms with Crippen LogP contribution in [0.5, 0.6) is 0 Å². The van der Waals surface area contributed by atoms with E-state index in [2.05, 4.69) is 10.3 Å². The number of nitrogens with one attached hydrogen (secondary N) is 1. The fourth-order valence-electron chi connectivity index (χ4n) is 2.44. The van der Waals surface area contributed by atoms with Crippen LogP contribution < -0.4 is 5.32 Å². The number of para-hydroxylation sites is 2. The summed E-state index contributed by atoms with van der Waals surface area (Å²) in [6.07, 6.45) is 0. The van der Waals surface area contributed by atoms with Gasteiger partial charge in [-0.3, -0.25) is 4.79 Å². The summed E-state index contributed by atoms with van der Waals surface area (Å²) in [5, 5.41) is 5.05. The number of amides is 1. The van der Waals surface area contributed by atoms with Gasteiger partial charge in [0.25, 0.3) is 0 Å². The fourth-order valence-corrected chi connectivity index (χ4v) is 3.17. The van der Waals surface area contributed by atoms with Crippen LogP contribution in [0.3, 0.4) is 0 Å². The number of rotatable bonds is 4. The highest BCUT2D eigenvalue weighted by Crippen LogP contribution is 2.19. The van der Waals surface area contributed by atoms with Crippen LogP contribution in [-0.4, -0.2) is 15.5 Å². The molecule has 1 atom stereocenters. The van der Waals surface area contributed by atoms with Crippen LogP contribution in [0.1, 0.15) is 23.7 Å². The molecule has 2 aromatic heterocycles. The number of benzene rings is 1. The molecule has 1 amide bonds. The van der Waals surface area contributed by atoms with Crippen molar-refractivity contribution in [1.82, 2.24) is 14.9 Å². The minimum Gasteiger partial charge on any atom is -0.347 e. The molecule has 0 aliphatic heterocycles. The van der Waals surface area contributed by atoms with Gasteiger partial charge in [0.2, 0.25) is 5.91 Å². The van der Waals surface area contributed by atoms with E-state index in [0.717, 1.165) is 21.7 Å². The molecule has 3 aromatic rings. The molecule has 0 bridgehead atoms. The Morgan fingerprint density at radius 3 is 2.90 bits per heavy atom. The fraction of sp³-hybridized carbons (Fsp3) is 0.250. The van der Waals surface area contributed by atoms with Crippen LogP contribution in [0, 0.1) is 6.92 Å². The minimum atomic E-state index is 0.00199. The highest BCUT2D eigenvalue weighted by atomic mass is 32.1. The van der Waals surface area contributed by atoms with Crippen molar-refractivity contribution in [2.75, 3.05) is 0 Å². The summed E-state index contributed by atoms with van der Waals surface area (Å²) in [5.74, 6) is 0.859. The number of fused-ring (bicyclic) bond motifs is 1. The number of carbonyl (C=O) groups is 1. The molecule has 0 aliphatic rings. The molecule has 108 valence electrons. The average Bonchev–Trinajstić information content (AvgIpc) is 3.08. The van der Waals surface area contributed by atoms with Crippen molar-refractivity contribution in [2.45, 2.75) is 26.4 Å². The SMILES string of the molecule is Cc1nc2ccccc2n1CC(=O)N[C@H](C)c1cccs1. The Hall–Kier alpha value is -2.14. The van der Waals surface area contributed by atoms with Gasteiger partial charge in [-0.1, -0.05) is 18.2 Å². The topological polar surface area (TPSA) is 46.9 Å². The van der Waals surface area contributed by atoms with Gasteiger partial charge >= 0.3 is 0 Å². The van der Waals surface area contributed by atoms with E-state index in [1.165, 1.54) is 0 Å². The molecule has 5 heteroatoms. The lowest BCUT2D eigenvalue weighted by Crippen LogP contribution is -2.30. The van der Waals surface area contributed by atoms with Gasteiger partial charge in [-0.25, -0.2) is 4.98 Å². The van der Waals surface area contributed by atoms with E-state index in [0.29, 0.717) is 6.54 Å². The standard InChI is InChI=1S/C16H17N3OS/c1-11(15-8-5-9-21-15)17-16(20)10-19-12(2)18-13-6-3-4-7-14(13)19/h3-9,11H,10H2,1-2H3,(H,17,20)/t11-/m1/s1. The molecular weight excluding hydrogens is 282 g/mol. The number of carbonyl (C=O) groups excluding carboxylic acids is 1. The van der Waals surface area contributed by atoms with Crippen LogP contribution in [0.4, 0.5) is 0 Å². The number of imidazole rings is 1. The predicted octanol–water partition coefficient (Wildman–Crippen LogP) is 3.28. The summed E-state index contributed by atoms with van der Waals surface area (Å²) >= 11 is 1.65. The Morgan fingerprint density at radius 1 is 1.33 bits per heavy atom. The van der Waals surface area contributed by atoms with Crippen molar-refractivity contribution in [2.24, 2.45) is 0 Å². The molecule has 1 N–H and O–H groups in total. The Balaban J connectivity index is 1.76. The number of hydrogen-bond donors (Lipinski definition) is 1. The van der Waals surface area contributed by atoms with E-state index >= 15 is 0 Å². The first-order valence-electron chi connectivity index (χ1n) is 6.90. The van der Waals surface area contributed by atoms with Crippen LogP contribution in [-0.2, 0) is 11.3 Å². The van der Waals surface area contributed by atoms with Crippen molar-refractivity contribution in [3.8, 4) is 0 Å². The summed E-state index contributed by atoms with van der Waals surface area (Å²) in [6, 6.07) is 11.9. The zero-order valence-electron chi connectivity index (χ0n) is 12.0. The van der Waals surface area contributed by atoms with E-state index in [9.17, 15) is 4.79 Å². The molecule has 2 heterocycles. The van der Waals surface area contributed by atoms with Crippen LogP contribution >= 0.6 is 11.3 Å². The molecule has 0 spiro atoms.